The Hall–Kier alpha value is -4.46. The van der Waals surface area contributed by atoms with Crippen LogP contribution in [0.4, 0.5) is 18.9 Å². The number of alkyl halides is 3. The molecule has 4 rings (SSSR count). The Morgan fingerprint density at radius 3 is 2.59 bits per heavy atom. The lowest BCUT2D eigenvalue weighted by Crippen LogP contribution is -2.26. The van der Waals surface area contributed by atoms with Gasteiger partial charge in [-0.15, -0.1) is 0 Å². The second-order valence-electron chi connectivity index (χ2n) is 6.76. The molecule has 1 aromatic carbocycles. The van der Waals surface area contributed by atoms with Gasteiger partial charge < -0.3 is 5.32 Å². The molecule has 3 aromatic heterocycles. The minimum absolute atomic E-state index is 0.0240. The van der Waals surface area contributed by atoms with Crippen molar-refractivity contribution in [3.8, 4) is 17.3 Å². The lowest BCUT2D eigenvalue weighted by atomic mass is 10.1. The number of carbonyl (C=O) groups excluding carboxylic acids is 1. The second-order valence-corrected chi connectivity index (χ2v) is 6.76. The van der Waals surface area contributed by atoms with Gasteiger partial charge in [0.2, 0.25) is 11.1 Å². The highest BCUT2D eigenvalue weighted by atomic mass is 19.4. The Kier molecular flexibility index (Phi) is 4.98. The van der Waals surface area contributed by atoms with Crippen LogP contribution >= 0.6 is 0 Å². The molecule has 3 heterocycles. The topological polar surface area (TPSA) is 116 Å². The predicted octanol–water partition coefficient (Wildman–Crippen LogP) is 3.54. The number of anilines is 1. The number of benzene rings is 1. The van der Waals surface area contributed by atoms with Crippen LogP contribution in [-0.4, -0.2) is 25.5 Å². The highest BCUT2D eigenvalue weighted by Crippen LogP contribution is 2.36. The Morgan fingerprint density at radius 1 is 1.22 bits per heavy atom. The average Bonchev–Trinajstić information content (AvgIpc) is 3.15. The van der Waals surface area contributed by atoms with Crippen molar-refractivity contribution in [2.75, 3.05) is 5.32 Å². The van der Waals surface area contributed by atoms with Gasteiger partial charge in [0.05, 0.1) is 11.3 Å². The third-order valence-corrected chi connectivity index (χ3v) is 4.69. The summed E-state index contributed by atoms with van der Waals surface area (Å²) in [4.78, 5) is 33.2. The van der Waals surface area contributed by atoms with Crippen LogP contribution in [0.5, 0.6) is 0 Å². The van der Waals surface area contributed by atoms with Crippen LogP contribution in [0, 0.1) is 18.3 Å². The van der Waals surface area contributed by atoms with Gasteiger partial charge in [-0.2, -0.15) is 18.4 Å². The first-order chi connectivity index (χ1) is 15.2. The summed E-state index contributed by atoms with van der Waals surface area (Å²) in [6.45, 7) is 1.38. The molecule has 8 nitrogen and oxygen atoms in total. The molecule has 0 atom stereocenters. The maximum absolute atomic E-state index is 13.7. The zero-order chi connectivity index (χ0) is 23.0. The van der Waals surface area contributed by atoms with Crippen molar-refractivity contribution in [2.24, 2.45) is 0 Å². The van der Waals surface area contributed by atoms with Crippen LogP contribution in [-0.2, 0) is 6.18 Å². The summed E-state index contributed by atoms with van der Waals surface area (Å²) in [6, 6.07) is 10.9. The van der Waals surface area contributed by atoms with Gasteiger partial charge in [-0.3, -0.25) is 19.7 Å². The molecule has 32 heavy (non-hydrogen) atoms. The highest BCUT2D eigenvalue weighted by molar-refractivity contribution is 6.06. The second kappa shape index (κ2) is 7.66. The maximum atomic E-state index is 13.7. The first kappa shape index (κ1) is 20.8. The van der Waals surface area contributed by atoms with Gasteiger partial charge in [0.1, 0.15) is 17.3 Å². The van der Waals surface area contributed by atoms with E-state index in [9.17, 15) is 22.8 Å². The highest BCUT2D eigenvalue weighted by Gasteiger charge is 2.39. The Bertz CT molecular complexity index is 1450. The number of aromatic nitrogens is 4. The van der Waals surface area contributed by atoms with E-state index in [1.165, 1.54) is 37.5 Å². The number of H-pyrrole nitrogens is 1. The number of amides is 1. The van der Waals surface area contributed by atoms with E-state index >= 15 is 0 Å². The van der Waals surface area contributed by atoms with E-state index in [0.29, 0.717) is 0 Å². The Labute approximate surface area is 178 Å². The van der Waals surface area contributed by atoms with E-state index in [0.717, 1.165) is 4.52 Å². The number of rotatable bonds is 3. The first-order valence-electron chi connectivity index (χ1n) is 9.15. The van der Waals surface area contributed by atoms with E-state index < -0.39 is 34.4 Å². The number of imidazole rings is 1. The van der Waals surface area contributed by atoms with Crippen LogP contribution in [0.3, 0.4) is 0 Å². The summed E-state index contributed by atoms with van der Waals surface area (Å²) in [5.41, 5.74) is -3.21. The molecule has 160 valence electrons. The molecule has 2 N–H and O–H groups in total. The standard InChI is InChI=1S/C21H13F3N6O2/c1-11-15(20(32)27-14-7-8-26-10-13(14)9-25)17(31)19-28-18(21(22,23)24)16(30(19)29-11)12-5-3-2-4-6-12/h2-8,10,29H,1H3,(H,26,27,32). The van der Waals surface area contributed by atoms with Gasteiger partial charge >= 0.3 is 6.18 Å². The van der Waals surface area contributed by atoms with Gasteiger partial charge in [-0.25, -0.2) is 9.50 Å². The van der Waals surface area contributed by atoms with Crippen LogP contribution in [0.1, 0.15) is 27.3 Å². The number of aromatic amines is 1. The fourth-order valence-corrected chi connectivity index (χ4v) is 3.30. The summed E-state index contributed by atoms with van der Waals surface area (Å²) >= 11 is 0. The number of nitriles is 1. The Morgan fingerprint density at radius 2 is 1.94 bits per heavy atom. The van der Waals surface area contributed by atoms with Crippen molar-refractivity contribution in [1.82, 2.24) is 19.6 Å². The minimum atomic E-state index is -4.84. The molecule has 0 unspecified atom stereocenters. The van der Waals surface area contributed by atoms with Gasteiger partial charge in [0.25, 0.3) is 5.91 Å². The molecule has 11 heteroatoms. The predicted molar refractivity (Wildman–Crippen MR) is 108 cm³/mol. The smallest absolute Gasteiger partial charge is 0.320 e. The normalized spacial score (nSPS) is 11.3. The maximum Gasteiger partial charge on any atom is 0.435 e. The number of aryl methyl sites for hydroxylation is 1. The first-order valence-corrected chi connectivity index (χ1v) is 9.15. The van der Waals surface area contributed by atoms with E-state index in [4.69, 9.17) is 5.26 Å². The van der Waals surface area contributed by atoms with E-state index in [-0.39, 0.29) is 28.2 Å². The number of halogens is 3. The van der Waals surface area contributed by atoms with Crippen molar-refractivity contribution in [3.05, 3.63) is 81.5 Å². The molecule has 0 saturated heterocycles. The number of carbonyl (C=O) groups is 1. The molecular weight excluding hydrogens is 425 g/mol. The summed E-state index contributed by atoms with van der Waals surface area (Å²) in [7, 11) is 0. The van der Waals surface area contributed by atoms with E-state index in [1.54, 1.807) is 18.2 Å². The third kappa shape index (κ3) is 3.47. The SMILES string of the molecule is Cc1[nH]n2c(-c3ccccc3)c(C(F)(F)F)nc2c(=O)c1C(=O)Nc1ccncc1C#N. The Balaban J connectivity index is 1.92. The molecule has 4 aromatic rings. The fraction of sp³-hybridized carbons (Fsp3) is 0.0952. The zero-order valence-electron chi connectivity index (χ0n) is 16.4. The van der Waals surface area contributed by atoms with Crippen molar-refractivity contribution in [2.45, 2.75) is 13.1 Å². The van der Waals surface area contributed by atoms with Crippen molar-refractivity contribution >= 4 is 17.2 Å². The monoisotopic (exact) mass is 438 g/mol. The third-order valence-electron chi connectivity index (χ3n) is 4.69. The number of nitrogens with zero attached hydrogens (tertiary/aromatic N) is 4. The lowest BCUT2D eigenvalue weighted by molar-refractivity contribution is -0.140. The number of fused-ring (bicyclic) bond motifs is 1. The van der Waals surface area contributed by atoms with Crippen LogP contribution in [0.2, 0.25) is 0 Å². The minimum Gasteiger partial charge on any atom is -0.320 e. The number of pyridine rings is 1. The zero-order valence-corrected chi connectivity index (χ0v) is 16.4. The summed E-state index contributed by atoms with van der Waals surface area (Å²) < 4.78 is 42.1. The van der Waals surface area contributed by atoms with Gasteiger partial charge in [0.15, 0.2) is 5.69 Å². The average molecular weight is 438 g/mol. The lowest BCUT2D eigenvalue weighted by Gasteiger charge is -2.11. The fourth-order valence-electron chi connectivity index (χ4n) is 3.30. The summed E-state index contributed by atoms with van der Waals surface area (Å²) in [6.07, 6.45) is -2.27. The number of hydrogen-bond acceptors (Lipinski definition) is 5. The molecule has 0 aliphatic heterocycles. The molecule has 0 saturated carbocycles. The van der Waals surface area contributed by atoms with Crippen LogP contribution in [0.15, 0.2) is 53.6 Å². The van der Waals surface area contributed by atoms with Crippen molar-refractivity contribution in [1.29, 1.82) is 5.26 Å². The summed E-state index contributed by atoms with van der Waals surface area (Å²) in [5.74, 6) is -0.897. The van der Waals surface area contributed by atoms with Crippen LogP contribution in [0.25, 0.3) is 16.9 Å². The molecular formula is C21H13F3N6O2. The molecule has 0 spiro atoms. The molecule has 0 fully saturated rings. The van der Waals surface area contributed by atoms with Gasteiger partial charge in [0, 0.05) is 23.7 Å². The van der Waals surface area contributed by atoms with Crippen LogP contribution < -0.4 is 10.7 Å². The summed E-state index contributed by atoms with van der Waals surface area (Å²) in [5, 5.41) is 14.2. The van der Waals surface area contributed by atoms with E-state index in [1.807, 2.05) is 6.07 Å². The number of nitrogens with one attached hydrogen (secondary N) is 2. The molecule has 0 aliphatic carbocycles. The largest absolute Gasteiger partial charge is 0.435 e. The van der Waals surface area contributed by atoms with Gasteiger partial charge in [-0.1, -0.05) is 30.3 Å². The van der Waals surface area contributed by atoms with Gasteiger partial charge in [-0.05, 0) is 13.0 Å². The van der Waals surface area contributed by atoms with E-state index in [2.05, 4.69) is 20.4 Å². The van der Waals surface area contributed by atoms with Crippen molar-refractivity contribution < 1.29 is 18.0 Å². The molecule has 0 bridgehead atoms. The van der Waals surface area contributed by atoms with Crippen molar-refractivity contribution in [3.63, 3.8) is 0 Å². The quantitative estimate of drug-likeness (QED) is 0.508. The molecule has 0 aliphatic rings. The molecule has 1 amide bonds. The number of hydrogen-bond donors (Lipinski definition) is 2. The molecule has 0 radical (unpaired) electrons.